The summed E-state index contributed by atoms with van der Waals surface area (Å²) in [5.41, 5.74) is 0.773. The van der Waals surface area contributed by atoms with Crippen molar-refractivity contribution in [2.75, 3.05) is 13.1 Å². The number of aromatic nitrogens is 1. The molecule has 1 aromatic heterocycles. The summed E-state index contributed by atoms with van der Waals surface area (Å²) in [5.74, 6) is 6.53. The summed E-state index contributed by atoms with van der Waals surface area (Å²) in [4.78, 5) is 17.3. The van der Waals surface area contributed by atoms with Crippen LogP contribution in [0, 0.1) is 11.8 Å². The van der Waals surface area contributed by atoms with E-state index in [2.05, 4.69) is 22.9 Å². The highest BCUT2D eigenvalue weighted by Crippen LogP contribution is 2.31. The van der Waals surface area contributed by atoms with E-state index in [-0.39, 0.29) is 5.97 Å². The molecule has 0 spiro atoms. The molecule has 1 aliphatic heterocycles. The molecule has 2 heterocycles. The maximum atomic E-state index is 11.5. The second-order valence-electron chi connectivity index (χ2n) is 7.37. The molecule has 4 nitrogen and oxygen atoms in total. The summed E-state index contributed by atoms with van der Waals surface area (Å²) in [6.45, 7) is 3.45. The lowest BCUT2D eigenvalue weighted by Gasteiger charge is -2.33. The number of likely N-dealkylation sites (tertiary alicyclic amines) is 1. The van der Waals surface area contributed by atoms with Crippen molar-refractivity contribution in [1.82, 2.24) is 4.98 Å². The summed E-state index contributed by atoms with van der Waals surface area (Å²) >= 11 is 0. The molecule has 1 saturated heterocycles. The molecule has 4 heteroatoms. The molecule has 1 N–H and O–H groups in total. The molecule has 1 saturated carbocycles. The van der Waals surface area contributed by atoms with Crippen LogP contribution < -0.4 is 4.90 Å². The van der Waals surface area contributed by atoms with Crippen molar-refractivity contribution in [3.63, 3.8) is 0 Å². The van der Waals surface area contributed by atoms with E-state index in [1.54, 1.807) is 0 Å². The third-order valence-corrected chi connectivity index (χ3v) is 5.45. The molecular formula is C21H29N2O2+. The fourth-order valence-corrected chi connectivity index (χ4v) is 4.24. The minimum atomic E-state index is -0.539. The van der Waals surface area contributed by atoms with Crippen LogP contribution >= 0.6 is 0 Å². The van der Waals surface area contributed by atoms with Crippen LogP contribution in [0.25, 0.3) is 0 Å². The van der Waals surface area contributed by atoms with E-state index in [0.29, 0.717) is 6.04 Å². The van der Waals surface area contributed by atoms with Crippen molar-refractivity contribution >= 4 is 5.97 Å². The molecular weight excluding hydrogens is 312 g/mol. The number of pyridine rings is 1. The predicted molar refractivity (Wildman–Crippen MR) is 96.9 cm³/mol. The number of piperidine rings is 1. The normalized spacial score (nSPS) is 25.5. The number of carbonyl (C=O) groups is 1. The lowest BCUT2D eigenvalue weighted by Crippen LogP contribution is -3.13. The van der Waals surface area contributed by atoms with Crippen LogP contribution in [0.5, 0.6) is 0 Å². The Kier molecular flexibility index (Phi) is 6.09. The molecule has 1 aromatic rings. The van der Waals surface area contributed by atoms with Gasteiger partial charge in [-0.1, -0.05) is 12.5 Å². The Morgan fingerprint density at radius 1 is 1.32 bits per heavy atom. The van der Waals surface area contributed by atoms with Gasteiger partial charge in [-0.3, -0.25) is 9.78 Å². The SMILES string of the molecule is CC(=O)OC1(C#CC[NH+]2CCCCC2c2cccnc2)CCCCC1. The molecule has 0 amide bonds. The summed E-state index contributed by atoms with van der Waals surface area (Å²) in [7, 11) is 0. The number of rotatable bonds is 3. The van der Waals surface area contributed by atoms with Gasteiger partial charge in [0.05, 0.1) is 6.54 Å². The Hall–Kier alpha value is -1.86. The first-order valence-electron chi connectivity index (χ1n) is 9.63. The first-order valence-corrected chi connectivity index (χ1v) is 9.63. The first-order chi connectivity index (χ1) is 12.2. The summed E-state index contributed by atoms with van der Waals surface area (Å²) in [5, 5.41) is 0. The molecule has 2 unspecified atom stereocenters. The fourth-order valence-electron chi connectivity index (χ4n) is 4.24. The molecule has 134 valence electrons. The number of hydrogen-bond acceptors (Lipinski definition) is 3. The predicted octanol–water partition coefficient (Wildman–Crippen LogP) is 2.46. The molecule has 2 atom stereocenters. The van der Waals surface area contributed by atoms with Crippen molar-refractivity contribution in [2.24, 2.45) is 0 Å². The van der Waals surface area contributed by atoms with Gasteiger partial charge in [-0.15, -0.1) is 0 Å². The lowest BCUT2D eigenvalue weighted by atomic mass is 9.85. The molecule has 0 bridgehead atoms. The van der Waals surface area contributed by atoms with Crippen LogP contribution in [0.3, 0.4) is 0 Å². The maximum absolute atomic E-state index is 11.5. The van der Waals surface area contributed by atoms with Crippen LogP contribution in [0.15, 0.2) is 24.5 Å². The Balaban J connectivity index is 1.70. The Labute approximate surface area is 151 Å². The minimum absolute atomic E-state index is 0.213. The molecule has 0 radical (unpaired) electrons. The van der Waals surface area contributed by atoms with E-state index in [0.717, 1.165) is 38.8 Å². The number of hydrogen-bond donors (Lipinski definition) is 1. The van der Waals surface area contributed by atoms with E-state index in [1.807, 2.05) is 18.5 Å². The van der Waals surface area contributed by atoms with E-state index in [1.165, 1.54) is 43.1 Å². The average molecular weight is 341 g/mol. The number of esters is 1. The zero-order valence-electron chi connectivity index (χ0n) is 15.2. The van der Waals surface area contributed by atoms with Crippen LogP contribution in [-0.2, 0) is 9.53 Å². The van der Waals surface area contributed by atoms with Gasteiger partial charge in [0.2, 0.25) is 0 Å². The molecule has 25 heavy (non-hydrogen) atoms. The highest BCUT2D eigenvalue weighted by atomic mass is 16.6. The van der Waals surface area contributed by atoms with E-state index in [4.69, 9.17) is 4.74 Å². The first kappa shape index (κ1) is 17.9. The number of carbonyl (C=O) groups excluding carboxylic acids is 1. The number of nitrogens with zero attached hydrogens (tertiary/aromatic N) is 1. The van der Waals surface area contributed by atoms with Crippen LogP contribution in [0.2, 0.25) is 0 Å². The Bertz CT molecular complexity index is 626. The Morgan fingerprint density at radius 3 is 2.88 bits per heavy atom. The smallest absolute Gasteiger partial charge is 0.304 e. The van der Waals surface area contributed by atoms with Crippen molar-refractivity contribution < 1.29 is 14.4 Å². The van der Waals surface area contributed by atoms with Gasteiger partial charge in [-0.05, 0) is 56.4 Å². The van der Waals surface area contributed by atoms with E-state index >= 15 is 0 Å². The highest BCUT2D eigenvalue weighted by Gasteiger charge is 2.33. The monoisotopic (exact) mass is 341 g/mol. The van der Waals surface area contributed by atoms with Crippen LogP contribution in [-0.4, -0.2) is 29.6 Å². The van der Waals surface area contributed by atoms with Gasteiger partial charge < -0.3 is 9.64 Å². The van der Waals surface area contributed by atoms with Gasteiger partial charge in [0.15, 0.2) is 5.60 Å². The van der Waals surface area contributed by atoms with Crippen LogP contribution in [0.1, 0.15) is 69.9 Å². The van der Waals surface area contributed by atoms with Crippen molar-refractivity contribution in [3.05, 3.63) is 30.1 Å². The molecule has 0 aromatic carbocycles. The zero-order valence-corrected chi connectivity index (χ0v) is 15.2. The third-order valence-electron chi connectivity index (χ3n) is 5.45. The zero-order chi connectivity index (χ0) is 17.5. The summed E-state index contributed by atoms with van der Waals surface area (Å²) in [6.07, 6.45) is 12.7. The van der Waals surface area contributed by atoms with Gasteiger partial charge in [-0.25, -0.2) is 0 Å². The van der Waals surface area contributed by atoms with E-state index in [9.17, 15) is 4.79 Å². The van der Waals surface area contributed by atoms with Gasteiger partial charge in [0.1, 0.15) is 12.6 Å². The third kappa shape index (κ3) is 4.83. The number of ether oxygens (including phenoxy) is 1. The van der Waals surface area contributed by atoms with Crippen molar-refractivity contribution in [2.45, 2.75) is 69.9 Å². The quantitative estimate of drug-likeness (QED) is 0.678. The van der Waals surface area contributed by atoms with Gasteiger partial charge in [0, 0.05) is 31.3 Å². The average Bonchev–Trinajstić information content (AvgIpc) is 2.63. The molecule has 1 aliphatic carbocycles. The molecule has 3 rings (SSSR count). The maximum Gasteiger partial charge on any atom is 0.304 e. The topological polar surface area (TPSA) is 43.6 Å². The second kappa shape index (κ2) is 8.49. The lowest BCUT2D eigenvalue weighted by molar-refractivity contribution is -0.930. The standard InChI is InChI=1S/C21H28N2O2/c1-18(24)25-21(11-4-2-5-12-21)13-8-16-23-15-6-3-10-20(23)19-9-7-14-22-17-19/h7,9,14,17,20H,2-6,10-12,15-16H2,1H3/p+1. The largest absolute Gasteiger partial charge is 0.446 e. The van der Waals surface area contributed by atoms with Gasteiger partial charge >= 0.3 is 5.97 Å². The van der Waals surface area contributed by atoms with Gasteiger partial charge in [0.25, 0.3) is 0 Å². The fraction of sp³-hybridized carbons (Fsp3) is 0.619. The highest BCUT2D eigenvalue weighted by molar-refractivity contribution is 5.67. The number of quaternary nitrogens is 1. The van der Waals surface area contributed by atoms with Crippen molar-refractivity contribution in [3.8, 4) is 11.8 Å². The summed E-state index contributed by atoms with van der Waals surface area (Å²) in [6, 6.07) is 4.68. The second-order valence-corrected chi connectivity index (χ2v) is 7.37. The summed E-state index contributed by atoms with van der Waals surface area (Å²) < 4.78 is 5.65. The van der Waals surface area contributed by atoms with Crippen molar-refractivity contribution in [1.29, 1.82) is 0 Å². The van der Waals surface area contributed by atoms with Gasteiger partial charge in [-0.2, -0.15) is 0 Å². The minimum Gasteiger partial charge on any atom is -0.446 e. The Morgan fingerprint density at radius 2 is 2.16 bits per heavy atom. The molecule has 2 fully saturated rings. The van der Waals surface area contributed by atoms with E-state index < -0.39 is 5.60 Å². The number of nitrogens with one attached hydrogen (secondary N) is 1. The van der Waals surface area contributed by atoms with Crippen LogP contribution in [0.4, 0.5) is 0 Å². The molecule has 2 aliphatic rings.